The Kier molecular flexibility index (Phi) is 3.24. The Hall–Kier alpha value is -1.89. The lowest BCUT2D eigenvalue weighted by Gasteiger charge is -2.10. The van der Waals surface area contributed by atoms with Crippen molar-refractivity contribution in [1.82, 2.24) is 10.3 Å². The Labute approximate surface area is 127 Å². The fraction of sp³-hybridized carbons (Fsp3) is 0.286. The second-order valence-electron chi connectivity index (χ2n) is 5.30. The highest BCUT2D eigenvalue weighted by atomic mass is 79.9. The molecule has 1 aliphatic rings. The maximum Gasteiger partial charge on any atom is 0.311 e. The minimum Gasteiger partial charge on any atom is -0.481 e. The van der Waals surface area contributed by atoms with Gasteiger partial charge in [-0.25, -0.2) is 4.39 Å². The first kappa shape index (κ1) is 14.1. The Bertz CT molecular complexity index is 752. The molecule has 3 rings (SSSR count). The van der Waals surface area contributed by atoms with E-state index in [0.717, 1.165) is 0 Å². The van der Waals surface area contributed by atoms with Gasteiger partial charge < -0.3 is 15.4 Å². The minimum atomic E-state index is -0.894. The lowest BCUT2D eigenvalue weighted by atomic mass is 10.1. The van der Waals surface area contributed by atoms with Crippen LogP contribution in [0.15, 0.2) is 22.7 Å². The molecule has 21 heavy (non-hydrogen) atoms. The number of amides is 1. The van der Waals surface area contributed by atoms with E-state index in [-0.39, 0.29) is 12.2 Å². The molecule has 1 fully saturated rings. The van der Waals surface area contributed by atoms with Crippen molar-refractivity contribution in [3.63, 3.8) is 0 Å². The van der Waals surface area contributed by atoms with Gasteiger partial charge in [-0.05, 0) is 31.0 Å². The number of nitrogens with one attached hydrogen (secondary N) is 2. The highest BCUT2D eigenvalue weighted by molar-refractivity contribution is 9.10. The number of hydrogen-bond donors (Lipinski definition) is 3. The van der Waals surface area contributed by atoms with Crippen LogP contribution in [0, 0.1) is 11.2 Å². The Morgan fingerprint density at radius 1 is 1.38 bits per heavy atom. The second kappa shape index (κ2) is 4.84. The molecule has 1 saturated carbocycles. The number of aromatic amines is 1. The standard InChI is InChI=1S/C14H12BrFN2O3/c15-7-3-9(16)8-5-11(18-10(8)4-7)12(19)17-6-14(1-2-14)13(20)21/h3-5,18H,1-2,6H2,(H,17,19)(H,20,21). The number of carbonyl (C=O) groups is 2. The fourth-order valence-corrected chi connectivity index (χ4v) is 2.67. The monoisotopic (exact) mass is 354 g/mol. The SMILES string of the molecule is O=C(NCC1(C(=O)O)CC1)c1cc2c(F)cc(Br)cc2[nH]1. The molecule has 5 nitrogen and oxygen atoms in total. The van der Waals surface area contributed by atoms with Gasteiger partial charge in [0.05, 0.1) is 10.9 Å². The van der Waals surface area contributed by atoms with Crippen LogP contribution < -0.4 is 5.32 Å². The maximum atomic E-state index is 13.8. The topological polar surface area (TPSA) is 82.2 Å². The van der Waals surface area contributed by atoms with Gasteiger partial charge in [0.1, 0.15) is 11.5 Å². The van der Waals surface area contributed by atoms with Crippen LogP contribution in [-0.2, 0) is 4.79 Å². The molecule has 0 unspecified atom stereocenters. The zero-order valence-corrected chi connectivity index (χ0v) is 12.5. The van der Waals surface area contributed by atoms with Crippen LogP contribution in [0.1, 0.15) is 23.3 Å². The largest absolute Gasteiger partial charge is 0.481 e. The summed E-state index contributed by atoms with van der Waals surface area (Å²) in [7, 11) is 0. The van der Waals surface area contributed by atoms with Crippen LogP contribution in [0.3, 0.4) is 0 Å². The van der Waals surface area contributed by atoms with Crippen LogP contribution in [-0.4, -0.2) is 28.5 Å². The lowest BCUT2D eigenvalue weighted by molar-refractivity contribution is -0.143. The lowest BCUT2D eigenvalue weighted by Crippen LogP contribution is -2.34. The Morgan fingerprint density at radius 2 is 2.10 bits per heavy atom. The Balaban J connectivity index is 1.79. The van der Waals surface area contributed by atoms with Gasteiger partial charge in [0.2, 0.25) is 0 Å². The number of fused-ring (bicyclic) bond motifs is 1. The maximum absolute atomic E-state index is 13.8. The number of H-pyrrole nitrogens is 1. The van der Waals surface area contributed by atoms with Crippen LogP contribution >= 0.6 is 15.9 Å². The summed E-state index contributed by atoms with van der Waals surface area (Å²) >= 11 is 3.18. The second-order valence-corrected chi connectivity index (χ2v) is 6.22. The molecule has 1 aromatic heterocycles. The van der Waals surface area contributed by atoms with Gasteiger partial charge >= 0.3 is 5.97 Å². The molecular weight excluding hydrogens is 343 g/mol. The normalized spacial score (nSPS) is 15.9. The zero-order chi connectivity index (χ0) is 15.2. The molecule has 110 valence electrons. The molecular formula is C14H12BrFN2O3. The average molecular weight is 355 g/mol. The van der Waals surface area contributed by atoms with Crippen molar-refractivity contribution in [3.8, 4) is 0 Å². The molecule has 2 aromatic rings. The van der Waals surface area contributed by atoms with E-state index < -0.39 is 23.1 Å². The molecule has 1 aliphatic carbocycles. The molecule has 1 aromatic carbocycles. The van der Waals surface area contributed by atoms with Crippen LogP contribution in [0.4, 0.5) is 4.39 Å². The number of hydrogen-bond acceptors (Lipinski definition) is 2. The van der Waals surface area contributed by atoms with E-state index in [1.807, 2.05) is 0 Å². The summed E-state index contributed by atoms with van der Waals surface area (Å²) in [6, 6.07) is 4.42. The number of aliphatic carboxylic acids is 1. The first-order valence-corrected chi connectivity index (χ1v) is 7.20. The Morgan fingerprint density at radius 3 is 2.71 bits per heavy atom. The summed E-state index contributed by atoms with van der Waals surface area (Å²) in [5.74, 6) is -1.76. The smallest absolute Gasteiger partial charge is 0.311 e. The molecule has 7 heteroatoms. The van der Waals surface area contributed by atoms with Crippen molar-refractivity contribution in [1.29, 1.82) is 0 Å². The molecule has 0 spiro atoms. The third-order valence-corrected chi connectivity index (χ3v) is 4.25. The van der Waals surface area contributed by atoms with Gasteiger partial charge in [-0.15, -0.1) is 0 Å². The molecule has 0 saturated heterocycles. The third-order valence-electron chi connectivity index (χ3n) is 3.79. The number of carboxylic acids is 1. The average Bonchev–Trinajstić information content (AvgIpc) is 3.09. The molecule has 0 radical (unpaired) electrons. The molecule has 0 aliphatic heterocycles. The van der Waals surface area contributed by atoms with Crippen molar-refractivity contribution in [3.05, 3.63) is 34.2 Å². The van der Waals surface area contributed by atoms with Crippen LogP contribution in [0.5, 0.6) is 0 Å². The number of carboxylic acid groups (broad SMARTS) is 1. The first-order valence-electron chi connectivity index (χ1n) is 6.41. The fourth-order valence-electron chi connectivity index (χ4n) is 2.24. The molecule has 0 bridgehead atoms. The van der Waals surface area contributed by atoms with E-state index in [1.54, 1.807) is 6.07 Å². The quantitative estimate of drug-likeness (QED) is 0.789. The van der Waals surface area contributed by atoms with Crippen molar-refractivity contribution in [2.45, 2.75) is 12.8 Å². The van der Waals surface area contributed by atoms with Crippen molar-refractivity contribution >= 4 is 38.7 Å². The van der Waals surface area contributed by atoms with Gasteiger partial charge in [0, 0.05) is 16.4 Å². The summed E-state index contributed by atoms with van der Waals surface area (Å²) in [5.41, 5.74) is -0.106. The van der Waals surface area contributed by atoms with Gasteiger partial charge in [-0.1, -0.05) is 15.9 Å². The predicted molar refractivity (Wildman–Crippen MR) is 77.6 cm³/mol. The van der Waals surface area contributed by atoms with E-state index in [4.69, 9.17) is 5.11 Å². The highest BCUT2D eigenvalue weighted by Gasteiger charge is 2.50. The highest BCUT2D eigenvalue weighted by Crippen LogP contribution is 2.45. The molecule has 1 heterocycles. The number of halogens is 2. The van der Waals surface area contributed by atoms with Crippen LogP contribution in [0.2, 0.25) is 0 Å². The van der Waals surface area contributed by atoms with Gasteiger partial charge in [0.25, 0.3) is 5.91 Å². The van der Waals surface area contributed by atoms with E-state index in [0.29, 0.717) is 28.2 Å². The van der Waals surface area contributed by atoms with E-state index in [9.17, 15) is 14.0 Å². The number of benzene rings is 1. The van der Waals surface area contributed by atoms with Crippen molar-refractivity contribution in [2.75, 3.05) is 6.54 Å². The van der Waals surface area contributed by atoms with Gasteiger partial charge in [-0.3, -0.25) is 9.59 Å². The summed E-state index contributed by atoms with van der Waals surface area (Å²) in [4.78, 5) is 25.9. The molecule has 1 amide bonds. The summed E-state index contributed by atoms with van der Waals surface area (Å²) < 4.78 is 14.3. The predicted octanol–water partition coefficient (Wildman–Crippen LogP) is 2.66. The number of aromatic nitrogens is 1. The van der Waals surface area contributed by atoms with E-state index in [2.05, 4.69) is 26.2 Å². The summed E-state index contributed by atoms with van der Waals surface area (Å²) in [5, 5.41) is 12.0. The first-order chi connectivity index (χ1) is 9.91. The summed E-state index contributed by atoms with van der Waals surface area (Å²) in [6.07, 6.45) is 1.13. The number of rotatable bonds is 4. The third kappa shape index (κ3) is 2.53. The molecule has 0 atom stereocenters. The van der Waals surface area contributed by atoms with Crippen molar-refractivity contribution in [2.24, 2.45) is 5.41 Å². The van der Waals surface area contributed by atoms with Gasteiger partial charge in [-0.2, -0.15) is 0 Å². The summed E-state index contributed by atoms with van der Waals surface area (Å²) in [6.45, 7) is 0.0860. The van der Waals surface area contributed by atoms with Crippen molar-refractivity contribution < 1.29 is 19.1 Å². The molecule has 3 N–H and O–H groups in total. The van der Waals surface area contributed by atoms with Crippen LogP contribution in [0.25, 0.3) is 10.9 Å². The van der Waals surface area contributed by atoms with E-state index >= 15 is 0 Å². The van der Waals surface area contributed by atoms with E-state index in [1.165, 1.54) is 12.1 Å². The minimum absolute atomic E-state index is 0.0860. The zero-order valence-electron chi connectivity index (χ0n) is 10.9. The number of carbonyl (C=O) groups excluding carboxylic acids is 1. The van der Waals surface area contributed by atoms with Gasteiger partial charge in [0.15, 0.2) is 0 Å².